The number of piperazine rings is 1. The number of ether oxygens (including phenoxy) is 1. The number of hydrogen-bond donors (Lipinski definition) is 3. The van der Waals surface area contributed by atoms with Gasteiger partial charge in [-0.1, -0.05) is 11.6 Å². The van der Waals surface area contributed by atoms with Gasteiger partial charge in [0.15, 0.2) is 0 Å². The summed E-state index contributed by atoms with van der Waals surface area (Å²) in [4.78, 5) is 6.10. The molecular formula is C19H27ClN4O. The molecule has 0 spiro atoms. The van der Waals surface area contributed by atoms with E-state index in [9.17, 15) is 0 Å². The Bertz CT molecular complexity index is 705. The molecule has 1 aromatic heterocycles. The predicted octanol–water partition coefficient (Wildman–Crippen LogP) is 3.07. The molecule has 2 aliphatic rings. The zero-order chi connectivity index (χ0) is 17.1. The van der Waals surface area contributed by atoms with Crippen molar-refractivity contribution in [3.05, 3.63) is 28.9 Å². The van der Waals surface area contributed by atoms with Gasteiger partial charge in [-0.3, -0.25) is 4.90 Å². The number of halogens is 1. The van der Waals surface area contributed by atoms with Gasteiger partial charge in [0.1, 0.15) is 0 Å². The Hall–Kier alpha value is -1.27. The van der Waals surface area contributed by atoms with Crippen molar-refractivity contribution in [2.24, 2.45) is 5.92 Å². The summed E-state index contributed by atoms with van der Waals surface area (Å²) < 4.78 is 5.45. The number of aromatic nitrogens is 1. The molecular weight excluding hydrogens is 336 g/mol. The summed E-state index contributed by atoms with van der Waals surface area (Å²) in [6.45, 7) is 8.06. The molecule has 3 N–H and O–H groups in total. The van der Waals surface area contributed by atoms with Crippen LogP contribution < -0.4 is 10.6 Å². The van der Waals surface area contributed by atoms with E-state index in [1.165, 1.54) is 16.6 Å². The molecule has 0 amide bonds. The van der Waals surface area contributed by atoms with Gasteiger partial charge in [-0.05, 0) is 37.0 Å². The second-order valence-electron chi connectivity index (χ2n) is 7.17. The number of hydrogen-bond acceptors (Lipinski definition) is 4. The fraction of sp³-hybridized carbons (Fsp3) is 0.579. The lowest BCUT2D eigenvalue weighted by atomic mass is 10.0. The molecule has 0 atom stereocenters. The van der Waals surface area contributed by atoms with Crippen LogP contribution in [0.15, 0.2) is 18.2 Å². The molecule has 2 aromatic rings. The van der Waals surface area contributed by atoms with Crippen molar-refractivity contribution in [1.29, 1.82) is 0 Å². The van der Waals surface area contributed by atoms with Crippen LogP contribution in [-0.4, -0.2) is 55.8 Å². The molecule has 2 fully saturated rings. The van der Waals surface area contributed by atoms with Crippen molar-refractivity contribution in [3.63, 3.8) is 0 Å². The lowest BCUT2D eigenvalue weighted by Crippen LogP contribution is -2.42. The van der Waals surface area contributed by atoms with Crippen molar-refractivity contribution in [3.8, 4) is 0 Å². The number of nitrogens with zero attached hydrogens (tertiary/aromatic N) is 1. The topological polar surface area (TPSA) is 52.3 Å². The number of nitrogens with one attached hydrogen (secondary N) is 3. The first-order chi connectivity index (χ1) is 12.3. The molecule has 0 bridgehead atoms. The predicted molar refractivity (Wildman–Crippen MR) is 103 cm³/mol. The van der Waals surface area contributed by atoms with Crippen LogP contribution in [-0.2, 0) is 11.3 Å². The van der Waals surface area contributed by atoms with Crippen LogP contribution in [0.5, 0.6) is 0 Å². The third-order valence-corrected chi connectivity index (χ3v) is 5.49. The van der Waals surface area contributed by atoms with E-state index in [1.807, 2.05) is 12.1 Å². The normalized spacial score (nSPS) is 20.2. The van der Waals surface area contributed by atoms with Crippen LogP contribution in [0.1, 0.15) is 18.5 Å². The summed E-state index contributed by atoms with van der Waals surface area (Å²) in [6.07, 6.45) is 2.27. The van der Waals surface area contributed by atoms with E-state index in [0.717, 1.165) is 76.0 Å². The van der Waals surface area contributed by atoms with Gasteiger partial charge in [0, 0.05) is 68.6 Å². The minimum atomic E-state index is 0.679. The quantitative estimate of drug-likeness (QED) is 0.765. The summed E-state index contributed by atoms with van der Waals surface area (Å²) in [5.74, 6) is 0.679. The largest absolute Gasteiger partial charge is 0.383 e. The monoisotopic (exact) mass is 362 g/mol. The SMILES string of the molecule is Clc1cc(NCC2CCOCC2)c2[nH]c(CN3CCNCC3)cc2c1. The van der Waals surface area contributed by atoms with E-state index in [1.54, 1.807) is 0 Å². The van der Waals surface area contributed by atoms with Gasteiger partial charge < -0.3 is 20.4 Å². The number of H-pyrrole nitrogens is 1. The molecule has 25 heavy (non-hydrogen) atoms. The summed E-state index contributed by atoms with van der Waals surface area (Å²) in [7, 11) is 0. The molecule has 136 valence electrons. The van der Waals surface area contributed by atoms with Gasteiger partial charge in [-0.2, -0.15) is 0 Å². The summed E-state index contributed by atoms with van der Waals surface area (Å²) in [5, 5.41) is 9.00. The molecule has 1 aromatic carbocycles. The van der Waals surface area contributed by atoms with E-state index in [2.05, 4.69) is 26.6 Å². The van der Waals surface area contributed by atoms with Crippen LogP contribution in [0.2, 0.25) is 5.02 Å². The highest BCUT2D eigenvalue weighted by Gasteiger charge is 2.16. The second kappa shape index (κ2) is 7.96. The van der Waals surface area contributed by atoms with Crippen molar-refractivity contribution >= 4 is 28.2 Å². The Labute approximate surface area is 154 Å². The highest BCUT2D eigenvalue weighted by molar-refractivity contribution is 6.31. The third kappa shape index (κ3) is 4.29. The average Bonchev–Trinajstić information content (AvgIpc) is 3.03. The maximum atomic E-state index is 6.35. The molecule has 0 saturated carbocycles. The van der Waals surface area contributed by atoms with Crippen LogP contribution in [0.25, 0.3) is 10.9 Å². The van der Waals surface area contributed by atoms with Crippen LogP contribution in [0.4, 0.5) is 5.69 Å². The Morgan fingerprint density at radius 3 is 2.76 bits per heavy atom. The molecule has 2 aliphatic heterocycles. The zero-order valence-electron chi connectivity index (χ0n) is 14.6. The van der Waals surface area contributed by atoms with Gasteiger partial charge in [0.25, 0.3) is 0 Å². The molecule has 4 rings (SSSR count). The van der Waals surface area contributed by atoms with Crippen molar-refractivity contribution < 1.29 is 4.74 Å². The van der Waals surface area contributed by atoms with Gasteiger partial charge in [0.2, 0.25) is 0 Å². The van der Waals surface area contributed by atoms with Crippen molar-refractivity contribution in [2.45, 2.75) is 19.4 Å². The first-order valence-electron chi connectivity index (χ1n) is 9.34. The summed E-state index contributed by atoms with van der Waals surface area (Å²) in [5.41, 5.74) is 3.54. The van der Waals surface area contributed by atoms with Crippen LogP contribution >= 0.6 is 11.6 Å². The zero-order valence-corrected chi connectivity index (χ0v) is 15.4. The van der Waals surface area contributed by atoms with Gasteiger partial charge in [-0.15, -0.1) is 0 Å². The number of rotatable bonds is 5. The van der Waals surface area contributed by atoms with E-state index in [-0.39, 0.29) is 0 Å². The second-order valence-corrected chi connectivity index (χ2v) is 7.61. The Morgan fingerprint density at radius 1 is 1.16 bits per heavy atom. The minimum Gasteiger partial charge on any atom is -0.383 e. The van der Waals surface area contributed by atoms with E-state index >= 15 is 0 Å². The van der Waals surface area contributed by atoms with E-state index in [4.69, 9.17) is 16.3 Å². The molecule has 0 unspecified atom stereocenters. The van der Waals surface area contributed by atoms with Gasteiger partial charge >= 0.3 is 0 Å². The van der Waals surface area contributed by atoms with Gasteiger partial charge in [-0.25, -0.2) is 0 Å². The summed E-state index contributed by atoms with van der Waals surface area (Å²) >= 11 is 6.35. The lowest BCUT2D eigenvalue weighted by molar-refractivity contribution is 0.0699. The first-order valence-corrected chi connectivity index (χ1v) is 9.71. The van der Waals surface area contributed by atoms with Crippen LogP contribution in [0, 0.1) is 5.92 Å². The summed E-state index contributed by atoms with van der Waals surface area (Å²) in [6, 6.07) is 6.32. The Kier molecular flexibility index (Phi) is 5.46. The van der Waals surface area contributed by atoms with Gasteiger partial charge in [0.05, 0.1) is 11.2 Å². The maximum absolute atomic E-state index is 6.35. The molecule has 3 heterocycles. The number of anilines is 1. The fourth-order valence-corrected chi connectivity index (χ4v) is 4.03. The first kappa shape index (κ1) is 17.2. The highest BCUT2D eigenvalue weighted by Crippen LogP contribution is 2.29. The molecule has 0 aliphatic carbocycles. The third-order valence-electron chi connectivity index (χ3n) is 5.27. The minimum absolute atomic E-state index is 0.679. The van der Waals surface area contributed by atoms with E-state index in [0.29, 0.717) is 5.92 Å². The van der Waals surface area contributed by atoms with Crippen molar-refractivity contribution in [2.75, 3.05) is 51.3 Å². The molecule has 0 radical (unpaired) electrons. The molecule has 6 heteroatoms. The number of aromatic amines is 1. The average molecular weight is 363 g/mol. The number of benzene rings is 1. The lowest BCUT2D eigenvalue weighted by Gasteiger charge is -2.26. The molecule has 2 saturated heterocycles. The number of fused-ring (bicyclic) bond motifs is 1. The smallest absolute Gasteiger partial charge is 0.0693 e. The Morgan fingerprint density at radius 2 is 1.96 bits per heavy atom. The molecule has 5 nitrogen and oxygen atoms in total. The van der Waals surface area contributed by atoms with Crippen LogP contribution in [0.3, 0.4) is 0 Å². The highest BCUT2D eigenvalue weighted by atomic mass is 35.5. The van der Waals surface area contributed by atoms with Crippen molar-refractivity contribution in [1.82, 2.24) is 15.2 Å². The standard InChI is InChI=1S/C19H27ClN4O/c20-16-9-15-10-17(13-24-5-3-21-4-6-24)23-19(15)18(11-16)22-12-14-1-7-25-8-2-14/h9-11,14,21-23H,1-8,12-13H2. The van der Waals surface area contributed by atoms with E-state index < -0.39 is 0 Å². The maximum Gasteiger partial charge on any atom is 0.0693 e. The Balaban J connectivity index is 1.49. The fourth-order valence-electron chi connectivity index (χ4n) is 3.81.